The summed E-state index contributed by atoms with van der Waals surface area (Å²) in [7, 11) is 0. The van der Waals surface area contributed by atoms with E-state index >= 15 is 0 Å². The first-order valence-electron chi connectivity index (χ1n) is 6.76. The number of carbonyl (C=O) groups excluding carboxylic acids is 1. The van der Waals surface area contributed by atoms with Crippen molar-refractivity contribution in [2.75, 3.05) is 6.54 Å². The normalized spacial score (nSPS) is 21.6. The summed E-state index contributed by atoms with van der Waals surface area (Å²) >= 11 is 1.30. The van der Waals surface area contributed by atoms with Gasteiger partial charge in [-0.1, -0.05) is 6.92 Å². The van der Waals surface area contributed by atoms with Gasteiger partial charge in [0.05, 0.1) is 5.01 Å². The predicted octanol–water partition coefficient (Wildman–Crippen LogP) is 1.87. The standard InChI is InChI=1S/C13H19N3O3S/c1-8-2-3-9(6-8)15-13(19)14-5-4-11-16-10(7-20-11)12(17)18/h7-9H,2-6H2,1H3,(H,17,18)(H2,14,15,19). The molecule has 6 nitrogen and oxygen atoms in total. The van der Waals surface area contributed by atoms with Crippen LogP contribution in [0.4, 0.5) is 4.79 Å². The van der Waals surface area contributed by atoms with E-state index in [2.05, 4.69) is 22.5 Å². The second kappa shape index (κ2) is 6.69. The van der Waals surface area contributed by atoms with Crippen molar-refractivity contribution >= 4 is 23.3 Å². The molecule has 1 heterocycles. The maximum Gasteiger partial charge on any atom is 0.355 e. The van der Waals surface area contributed by atoms with Gasteiger partial charge >= 0.3 is 12.0 Å². The number of carboxylic acid groups (broad SMARTS) is 1. The van der Waals surface area contributed by atoms with E-state index in [-0.39, 0.29) is 17.8 Å². The third-order valence-corrected chi connectivity index (χ3v) is 4.33. The second-order valence-corrected chi connectivity index (χ2v) is 6.14. The SMILES string of the molecule is CC1CCC(NC(=O)NCCc2nc(C(=O)O)cs2)C1. The molecule has 0 aliphatic heterocycles. The topological polar surface area (TPSA) is 91.3 Å². The van der Waals surface area contributed by atoms with Crippen molar-refractivity contribution in [3.8, 4) is 0 Å². The maximum atomic E-state index is 11.7. The summed E-state index contributed by atoms with van der Waals surface area (Å²) in [5.74, 6) is -0.335. The number of urea groups is 1. The highest BCUT2D eigenvalue weighted by Gasteiger charge is 2.22. The molecule has 0 radical (unpaired) electrons. The maximum absolute atomic E-state index is 11.7. The molecule has 7 heteroatoms. The highest BCUT2D eigenvalue weighted by atomic mass is 32.1. The number of carbonyl (C=O) groups is 2. The molecular formula is C13H19N3O3S. The van der Waals surface area contributed by atoms with Crippen molar-refractivity contribution in [2.24, 2.45) is 5.92 Å². The molecule has 2 unspecified atom stereocenters. The molecule has 0 spiro atoms. The van der Waals surface area contributed by atoms with Gasteiger partial charge in [0.2, 0.25) is 0 Å². The number of rotatable bonds is 5. The lowest BCUT2D eigenvalue weighted by molar-refractivity contribution is 0.0691. The van der Waals surface area contributed by atoms with Crippen molar-refractivity contribution in [1.82, 2.24) is 15.6 Å². The molecule has 0 bridgehead atoms. The molecular weight excluding hydrogens is 278 g/mol. The van der Waals surface area contributed by atoms with Crippen molar-refractivity contribution < 1.29 is 14.7 Å². The molecule has 2 atom stereocenters. The van der Waals surface area contributed by atoms with Crippen LogP contribution in [0.1, 0.15) is 41.7 Å². The van der Waals surface area contributed by atoms with Crippen LogP contribution in [-0.4, -0.2) is 34.7 Å². The van der Waals surface area contributed by atoms with Crippen LogP contribution in [0.15, 0.2) is 5.38 Å². The second-order valence-electron chi connectivity index (χ2n) is 5.20. The smallest absolute Gasteiger partial charge is 0.355 e. The van der Waals surface area contributed by atoms with E-state index in [0.29, 0.717) is 18.9 Å². The van der Waals surface area contributed by atoms with Gasteiger partial charge in [-0.15, -0.1) is 11.3 Å². The summed E-state index contributed by atoms with van der Waals surface area (Å²) in [4.78, 5) is 26.3. The van der Waals surface area contributed by atoms with Crippen LogP contribution in [0.2, 0.25) is 0 Å². The lowest BCUT2D eigenvalue weighted by atomic mass is 10.1. The third-order valence-electron chi connectivity index (χ3n) is 3.43. The van der Waals surface area contributed by atoms with E-state index in [1.165, 1.54) is 23.1 Å². The number of nitrogens with one attached hydrogen (secondary N) is 2. The first-order chi connectivity index (χ1) is 9.54. The zero-order valence-corrected chi connectivity index (χ0v) is 12.2. The Morgan fingerprint density at radius 1 is 1.50 bits per heavy atom. The van der Waals surface area contributed by atoms with E-state index in [4.69, 9.17) is 5.11 Å². The van der Waals surface area contributed by atoms with Gasteiger partial charge in [-0.25, -0.2) is 14.6 Å². The van der Waals surface area contributed by atoms with E-state index in [1.54, 1.807) is 0 Å². The molecule has 110 valence electrons. The van der Waals surface area contributed by atoms with Gasteiger partial charge in [0.25, 0.3) is 0 Å². The van der Waals surface area contributed by atoms with E-state index < -0.39 is 5.97 Å². The Balaban J connectivity index is 1.67. The van der Waals surface area contributed by atoms with Gasteiger partial charge in [-0.2, -0.15) is 0 Å². The molecule has 0 saturated heterocycles. The Morgan fingerprint density at radius 2 is 2.30 bits per heavy atom. The predicted molar refractivity (Wildman–Crippen MR) is 76.1 cm³/mol. The first kappa shape index (κ1) is 14.8. The van der Waals surface area contributed by atoms with Gasteiger partial charge in [0.15, 0.2) is 5.69 Å². The number of hydrogen-bond acceptors (Lipinski definition) is 4. The number of nitrogens with zero attached hydrogens (tertiary/aromatic N) is 1. The highest BCUT2D eigenvalue weighted by Crippen LogP contribution is 2.24. The van der Waals surface area contributed by atoms with Gasteiger partial charge in [-0.05, 0) is 25.2 Å². The van der Waals surface area contributed by atoms with Crippen LogP contribution in [0.5, 0.6) is 0 Å². The summed E-state index contributed by atoms with van der Waals surface area (Å²) in [6.07, 6.45) is 3.80. The van der Waals surface area contributed by atoms with Gasteiger partial charge in [-0.3, -0.25) is 0 Å². The quantitative estimate of drug-likeness (QED) is 0.773. The number of aromatic nitrogens is 1. The van der Waals surface area contributed by atoms with Crippen LogP contribution in [0, 0.1) is 5.92 Å². The Kier molecular flexibility index (Phi) is 4.94. The van der Waals surface area contributed by atoms with E-state index in [9.17, 15) is 9.59 Å². The minimum absolute atomic E-state index is 0.0643. The molecule has 1 fully saturated rings. The fourth-order valence-electron chi connectivity index (χ4n) is 2.38. The lowest BCUT2D eigenvalue weighted by Gasteiger charge is -2.13. The van der Waals surface area contributed by atoms with Crippen molar-refractivity contribution in [2.45, 2.75) is 38.6 Å². The van der Waals surface area contributed by atoms with Crippen molar-refractivity contribution in [3.05, 3.63) is 16.1 Å². The summed E-state index contributed by atoms with van der Waals surface area (Å²) in [5, 5.41) is 16.7. The number of amides is 2. The molecule has 3 N–H and O–H groups in total. The minimum atomic E-state index is -1.02. The van der Waals surface area contributed by atoms with E-state index in [1.807, 2.05) is 0 Å². The van der Waals surface area contributed by atoms with Gasteiger partial charge in [0.1, 0.15) is 0 Å². The minimum Gasteiger partial charge on any atom is -0.476 e. The van der Waals surface area contributed by atoms with Gasteiger partial charge in [0, 0.05) is 24.4 Å². The zero-order chi connectivity index (χ0) is 14.5. The Hall–Kier alpha value is -1.63. The van der Waals surface area contributed by atoms with Crippen LogP contribution in [-0.2, 0) is 6.42 Å². The molecule has 0 aromatic carbocycles. The number of aromatic carboxylic acids is 1. The summed E-state index contributed by atoms with van der Waals surface area (Å²) < 4.78 is 0. The van der Waals surface area contributed by atoms with Crippen LogP contribution >= 0.6 is 11.3 Å². The zero-order valence-electron chi connectivity index (χ0n) is 11.4. The number of hydrogen-bond donors (Lipinski definition) is 3. The molecule has 2 rings (SSSR count). The number of thiazole rings is 1. The molecule has 1 aromatic rings. The fourth-order valence-corrected chi connectivity index (χ4v) is 3.15. The Bertz CT molecular complexity index is 489. The van der Waals surface area contributed by atoms with Crippen molar-refractivity contribution in [1.29, 1.82) is 0 Å². The largest absolute Gasteiger partial charge is 0.476 e. The molecule has 1 aromatic heterocycles. The molecule has 2 amide bonds. The summed E-state index contributed by atoms with van der Waals surface area (Å²) in [6.45, 7) is 2.66. The molecule has 1 saturated carbocycles. The number of carboxylic acids is 1. The average Bonchev–Trinajstić information content (AvgIpc) is 2.99. The Morgan fingerprint density at radius 3 is 2.90 bits per heavy atom. The van der Waals surface area contributed by atoms with Crippen LogP contribution in [0.25, 0.3) is 0 Å². The van der Waals surface area contributed by atoms with Crippen molar-refractivity contribution in [3.63, 3.8) is 0 Å². The van der Waals surface area contributed by atoms with Crippen LogP contribution < -0.4 is 10.6 Å². The monoisotopic (exact) mass is 297 g/mol. The average molecular weight is 297 g/mol. The molecule has 1 aliphatic carbocycles. The van der Waals surface area contributed by atoms with E-state index in [0.717, 1.165) is 17.8 Å². The van der Waals surface area contributed by atoms with Gasteiger partial charge < -0.3 is 15.7 Å². The molecule has 20 heavy (non-hydrogen) atoms. The summed E-state index contributed by atoms with van der Waals surface area (Å²) in [6, 6.07) is 0.127. The lowest BCUT2D eigenvalue weighted by Crippen LogP contribution is -2.41. The third kappa shape index (κ3) is 4.19. The Labute approximate surface area is 121 Å². The van der Waals surface area contributed by atoms with Crippen LogP contribution in [0.3, 0.4) is 0 Å². The highest BCUT2D eigenvalue weighted by molar-refractivity contribution is 7.09. The first-order valence-corrected chi connectivity index (χ1v) is 7.64. The molecule has 1 aliphatic rings. The fraction of sp³-hybridized carbons (Fsp3) is 0.615. The summed E-state index contributed by atoms with van der Waals surface area (Å²) in [5.41, 5.74) is 0.0643.